The summed E-state index contributed by atoms with van der Waals surface area (Å²) in [6.07, 6.45) is 0. The molecule has 0 aliphatic heterocycles. The molecule has 0 amide bonds. The maximum absolute atomic E-state index is 10.1. The van der Waals surface area contributed by atoms with E-state index in [-0.39, 0.29) is 18.6 Å². The molecule has 0 aliphatic rings. The van der Waals surface area contributed by atoms with Gasteiger partial charge in [0.25, 0.3) is 0 Å². The predicted molar refractivity (Wildman–Crippen MR) is 79.4 cm³/mol. The molecule has 0 fully saturated rings. The molecule has 0 saturated heterocycles. The lowest BCUT2D eigenvalue weighted by Crippen LogP contribution is -3.09. The molecule has 0 bridgehead atoms. The zero-order valence-corrected chi connectivity index (χ0v) is 15.8. The monoisotopic (exact) mass is 379 g/mol. The Bertz CT molecular complexity index is 358. The maximum atomic E-state index is 10.1. The lowest BCUT2D eigenvalue weighted by molar-refractivity contribution is -1.37. The van der Waals surface area contributed by atoms with Gasteiger partial charge < -0.3 is 14.0 Å². The summed E-state index contributed by atoms with van der Waals surface area (Å²) < 4.78 is 43.6. The summed E-state index contributed by atoms with van der Waals surface area (Å²) in [6.45, 7) is 12.4. The van der Waals surface area contributed by atoms with Crippen LogP contribution in [-0.4, -0.2) is 52.0 Å². The third kappa shape index (κ3) is 16.4. The summed E-state index contributed by atoms with van der Waals surface area (Å²) in [5.41, 5.74) is 0. The highest BCUT2D eigenvalue weighted by Gasteiger charge is 2.29. The summed E-state index contributed by atoms with van der Waals surface area (Å²) in [5, 5.41) is 0.285. The molecular weight excluding hydrogens is 350 g/mol. The van der Waals surface area contributed by atoms with Crippen LogP contribution in [0.4, 0.5) is 0 Å². The molecule has 0 aromatic rings. The predicted octanol–water partition coefficient (Wildman–Crippen LogP) is -0.133. The third-order valence-electron chi connectivity index (χ3n) is 1.87. The fourth-order valence-electron chi connectivity index (χ4n) is 1.20. The van der Waals surface area contributed by atoms with Gasteiger partial charge in [0, 0.05) is 20.1 Å². The Morgan fingerprint density at radius 3 is 1.46 bits per heavy atom. The van der Waals surface area contributed by atoms with E-state index in [1.807, 2.05) is 20.8 Å². The zero-order chi connectivity index (χ0) is 19.1. The highest BCUT2D eigenvalue weighted by atomic mass is 32.3. The molecule has 0 heterocycles. The third-order valence-corrected chi connectivity index (χ3v) is 2.10. The number of ether oxygens (including phenoxy) is 2. The first-order valence-electron chi connectivity index (χ1n) is 7.54. The largest absolute Gasteiger partial charge is 0.724 e. The van der Waals surface area contributed by atoms with E-state index >= 15 is 0 Å². The van der Waals surface area contributed by atoms with Gasteiger partial charge in [-0.3, -0.25) is 0 Å². The molecule has 0 saturated carbocycles. The number of hydrogen-bond donors (Lipinski definition) is 1. The van der Waals surface area contributed by atoms with Gasteiger partial charge in [0.2, 0.25) is 10.4 Å². The van der Waals surface area contributed by atoms with Crippen LogP contribution in [0.2, 0.25) is 0 Å². The molecule has 1 N–H and O–H groups in total. The molecule has 0 aromatic carbocycles. The van der Waals surface area contributed by atoms with Gasteiger partial charge in [-0.15, -0.1) is 18.8 Å². The fourth-order valence-corrected chi connectivity index (χ4v) is 1.40. The van der Waals surface area contributed by atoms with Crippen LogP contribution < -0.4 is 5.39 Å². The first-order chi connectivity index (χ1) is 11.2. The molecule has 0 radical (unpaired) electrons. The maximum Gasteiger partial charge on any atom is 0.310 e. The standard InChI is InChI=1S/C6H16NO3.C6H14O7S/c1-4-8-7(9-5-2)10-6-3;1-4-10-6(3,11-5-2)12-13-14(7,8)9/h7H,4-6H2,1-3H3;4-5H2,1-3H3,(H,7,8,9)/q+1;/p-1. The van der Waals surface area contributed by atoms with E-state index in [9.17, 15) is 13.0 Å². The van der Waals surface area contributed by atoms with E-state index in [2.05, 4.69) is 9.22 Å². The van der Waals surface area contributed by atoms with Crippen molar-refractivity contribution in [3.63, 3.8) is 0 Å². The van der Waals surface area contributed by atoms with Crippen LogP contribution in [0.1, 0.15) is 41.5 Å². The van der Waals surface area contributed by atoms with Gasteiger partial charge in [0.1, 0.15) is 19.8 Å². The van der Waals surface area contributed by atoms with Crippen LogP contribution in [-0.2, 0) is 43.6 Å². The van der Waals surface area contributed by atoms with Crippen molar-refractivity contribution < 1.29 is 51.6 Å². The lowest BCUT2D eigenvalue weighted by Gasteiger charge is -2.26. The van der Waals surface area contributed by atoms with Gasteiger partial charge in [-0.1, -0.05) is 0 Å². The van der Waals surface area contributed by atoms with E-state index in [1.54, 1.807) is 13.8 Å². The summed E-state index contributed by atoms with van der Waals surface area (Å²) >= 11 is 0. The molecule has 11 nitrogen and oxygen atoms in total. The minimum absolute atomic E-state index is 0.207. The van der Waals surface area contributed by atoms with Gasteiger partial charge >= 0.3 is 5.97 Å². The smallest absolute Gasteiger partial charge is 0.310 e. The highest BCUT2D eigenvalue weighted by molar-refractivity contribution is 7.80. The second-order valence-electron chi connectivity index (χ2n) is 3.84. The average molecular weight is 379 g/mol. The van der Waals surface area contributed by atoms with Crippen LogP contribution in [0.25, 0.3) is 0 Å². The molecule has 0 atom stereocenters. The van der Waals surface area contributed by atoms with Crippen molar-refractivity contribution in [2.45, 2.75) is 47.5 Å². The second-order valence-corrected chi connectivity index (χ2v) is 4.79. The number of hydrogen-bond acceptors (Lipinski definition) is 10. The molecule has 0 unspecified atom stereocenters. The number of nitrogens with one attached hydrogen (secondary N) is 1. The van der Waals surface area contributed by atoms with Gasteiger partial charge in [0.05, 0.1) is 5.39 Å². The van der Waals surface area contributed by atoms with E-state index in [1.165, 1.54) is 6.92 Å². The van der Waals surface area contributed by atoms with E-state index in [4.69, 9.17) is 24.0 Å². The molecule has 12 heteroatoms. The average Bonchev–Trinajstić information content (AvgIpc) is 2.47. The Kier molecular flexibility index (Phi) is 16.0. The summed E-state index contributed by atoms with van der Waals surface area (Å²) in [7, 11) is -4.93. The van der Waals surface area contributed by atoms with Crippen molar-refractivity contribution in [2.24, 2.45) is 0 Å². The van der Waals surface area contributed by atoms with Crippen molar-refractivity contribution in [1.82, 2.24) is 0 Å². The van der Waals surface area contributed by atoms with Crippen molar-refractivity contribution in [2.75, 3.05) is 33.0 Å². The Morgan fingerprint density at radius 1 is 0.833 bits per heavy atom. The normalized spacial score (nSPS) is 12.2. The number of rotatable bonds is 13. The molecular formula is C12H29NO10S. The van der Waals surface area contributed by atoms with E-state index in [0.717, 1.165) is 0 Å². The fraction of sp³-hybridized carbons (Fsp3) is 1.00. The van der Waals surface area contributed by atoms with Crippen molar-refractivity contribution in [3.8, 4) is 0 Å². The Labute approximate surface area is 143 Å². The van der Waals surface area contributed by atoms with Gasteiger partial charge in [0.15, 0.2) is 0 Å². The zero-order valence-electron chi connectivity index (χ0n) is 15.0. The van der Waals surface area contributed by atoms with Gasteiger partial charge in [-0.2, -0.15) is 4.89 Å². The van der Waals surface area contributed by atoms with Crippen LogP contribution >= 0.6 is 0 Å². The summed E-state index contributed by atoms with van der Waals surface area (Å²) in [6, 6.07) is 0. The first kappa shape index (κ1) is 25.8. The van der Waals surface area contributed by atoms with Crippen LogP contribution in [0, 0.1) is 0 Å². The van der Waals surface area contributed by atoms with Crippen LogP contribution in [0.5, 0.6) is 0 Å². The van der Waals surface area contributed by atoms with Crippen molar-refractivity contribution >= 4 is 10.4 Å². The minimum Gasteiger partial charge on any atom is -0.724 e. The highest BCUT2D eigenvalue weighted by Crippen LogP contribution is 2.15. The van der Waals surface area contributed by atoms with Gasteiger partial charge in [-0.25, -0.2) is 8.42 Å². The van der Waals surface area contributed by atoms with Crippen LogP contribution in [0.3, 0.4) is 0 Å². The van der Waals surface area contributed by atoms with Crippen molar-refractivity contribution in [1.29, 1.82) is 0 Å². The quantitative estimate of drug-likeness (QED) is 0.152. The SMILES string of the molecule is CCOC(C)(OCC)OOS(=O)(=O)[O-].CCO[NH+](OCC)OCC. The van der Waals surface area contributed by atoms with E-state index in [0.29, 0.717) is 19.8 Å². The molecule has 24 heavy (non-hydrogen) atoms. The Hall–Kier alpha value is -0.410. The Morgan fingerprint density at radius 2 is 1.21 bits per heavy atom. The second kappa shape index (κ2) is 14.9. The molecule has 0 rings (SSSR count). The Balaban J connectivity index is 0. The topological polar surface area (TPSA) is 126 Å². The minimum atomic E-state index is -4.93. The molecule has 0 aromatic heterocycles. The van der Waals surface area contributed by atoms with Crippen molar-refractivity contribution in [3.05, 3.63) is 0 Å². The molecule has 0 spiro atoms. The molecule has 148 valence electrons. The number of quaternary nitrogens is 1. The molecule has 0 aliphatic carbocycles. The summed E-state index contributed by atoms with van der Waals surface area (Å²) in [4.78, 5) is 19.2. The summed E-state index contributed by atoms with van der Waals surface area (Å²) in [5.74, 6) is -1.69. The van der Waals surface area contributed by atoms with Crippen LogP contribution in [0.15, 0.2) is 0 Å². The van der Waals surface area contributed by atoms with Gasteiger partial charge in [-0.05, 0) is 34.6 Å². The lowest BCUT2D eigenvalue weighted by atomic mass is 10.6. The van der Waals surface area contributed by atoms with E-state index < -0.39 is 16.4 Å². The first-order valence-corrected chi connectivity index (χ1v) is 8.87.